The van der Waals surface area contributed by atoms with E-state index >= 15 is 0 Å². The predicted molar refractivity (Wildman–Crippen MR) is 66.2 cm³/mol. The van der Waals surface area contributed by atoms with Crippen molar-refractivity contribution in [2.45, 2.75) is 20.3 Å². The molecule has 1 aromatic rings. The Labute approximate surface area is 106 Å². The fourth-order valence-electron chi connectivity index (χ4n) is 2.53. The van der Waals surface area contributed by atoms with Gasteiger partial charge in [0.05, 0.1) is 5.41 Å². The Hall–Kier alpha value is -1.78. The smallest absolute Gasteiger partial charge is 0.311 e. The zero-order chi connectivity index (χ0) is 13.3. The number of hydrogen-bond acceptors (Lipinski definition) is 2. The number of nitrogens with one attached hydrogen (secondary N) is 1. The molecule has 0 aromatic carbocycles. The van der Waals surface area contributed by atoms with Crippen molar-refractivity contribution >= 4 is 11.9 Å². The van der Waals surface area contributed by atoms with Gasteiger partial charge in [-0.3, -0.25) is 9.59 Å². The lowest BCUT2D eigenvalue weighted by Gasteiger charge is -2.28. The molecule has 1 aliphatic heterocycles. The van der Waals surface area contributed by atoms with Crippen LogP contribution in [0, 0.1) is 11.3 Å². The van der Waals surface area contributed by atoms with E-state index < -0.39 is 11.4 Å². The zero-order valence-electron chi connectivity index (χ0n) is 10.6. The predicted octanol–water partition coefficient (Wildman–Crippen LogP) is 1.59. The molecule has 1 fully saturated rings. The molecule has 1 saturated heterocycles. The molecule has 2 heterocycles. The lowest BCUT2D eigenvalue weighted by molar-refractivity contribution is -0.150. The first-order valence-corrected chi connectivity index (χ1v) is 6.13. The molecule has 5 heteroatoms. The first kappa shape index (κ1) is 12.7. The van der Waals surface area contributed by atoms with Crippen LogP contribution in [-0.4, -0.2) is 40.0 Å². The molecule has 1 unspecified atom stereocenters. The Balaban J connectivity index is 2.17. The van der Waals surface area contributed by atoms with Gasteiger partial charge in [-0.15, -0.1) is 0 Å². The maximum atomic E-state index is 12.1. The lowest BCUT2D eigenvalue weighted by atomic mass is 9.76. The number of amides is 1. The molecular weight excluding hydrogens is 232 g/mol. The van der Waals surface area contributed by atoms with Gasteiger partial charge in [-0.1, -0.05) is 13.8 Å². The second-order valence-electron chi connectivity index (χ2n) is 5.18. The molecule has 98 valence electrons. The quantitative estimate of drug-likeness (QED) is 0.855. The van der Waals surface area contributed by atoms with E-state index in [-0.39, 0.29) is 18.4 Å². The minimum atomic E-state index is -0.806. The third-order valence-corrected chi connectivity index (χ3v) is 3.95. The van der Waals surface area contributed by atoms with E-state index in [1.54, 1.807) is 23.2 Å². The van der Waals surface area contributed by atoms with Crippen LogP contribution in [0.4, 0.5) is 0 Å². The second-order valence-corrected chi connectivity index (χ2v) is 5.18. The summed E-state index contributed by atoms with van der Waals surface area (Å²) >= 11 is 0. The minimum absolute atomic E-state index is 0.0106. The Morgan fingerprint density at radius 3 is 2.67 bits per heavy atom. The standard InChI is InChI=1S/C13H18N2O3/c1-9(2)13(12(17)18)5-7-15(8-13)11(16)10-4-3-6-14-10/h3-4,6,9,14H,5,7-8H2,1-2H3,(H,17,18). The van der Waals surface area contributed by atoms with Gasteiger partial charge in [0, 0.05) is 19.3 Å². The maximum Gasteiger partial charge on any atom is 0.311 e. The highest BCUT2D eigenvalue weighted by Crippen LogP contribution is 2.38. The van der Waals surface area contributed by atoms with Gasteiger partial charge in [0.1, 0.15) is 5.69 Å². The Kier molecular flexibility index (Phi) is 3.15. The number of H-pyrrole nitrogens is 1. The number of carbonyl (C=O) groups excluding carboxylic acids is 1. The topological polar surface area (TPSA) is 73.4 Å². The summed E-state index contributed by atoms with van der Waals surface area (Å²) in [5.74, 6) is -0.917. The Bertz CT molecular complexity index is 453. The number of aliphatic carboxylic acids is 1. The number of carboxylic acids is 1. The number of nitrogens with zero attached hydrogens (tertiary/aromatic N) is 1. The maximum absolute atomic E-state index is 12.1. The van der Waals surface area contributed by atoms with E-state index in [9.17, 15) is 14.7 Å². The van der Waals surface area contributed by atoms with Crippen LogP contribution >= 0.6 is 0 Å². The van der Waals surface area contributed by atoms with Crippen molar-refractivity contribution in [3.05, 3.63) is 24.0 Å². The number of rotatable bonds is 3. The molecule has 0 radical (unpaired) electrons. The molecule has 1 amide bonds. The third-order valence-electron chi connectivity index (χ3n) is 3.95. The average Bonchev–Trinajstić information content (AvgIpc) is 2.98. The lowest BCUT2D eigenvalue weighted by Crippen LogP contribution is -2.40. The van der Waals surface area contributed by atoms with Gasteiger partial charge in [0.25, 0.3) is 5.91 Å². The van der Waals surface area contributed by atoms with Crippen molar-refractivity contribution in [2.75, 3.05) is 13.1 Å². The third kappa shape index (κ3) is 1.89. The minimum Gasteiger partial charge on any atom is -0.481 e. The van der Waals surface area contributed by atoms with Crippen molar-refractivity contribution < 1.29 is 14.7 Å². The first-order chi connectivity index (χ1) is 8.47. The summed E-state index contributed by atoms with van der Waals surface area (Å²) in [5.41, 5.74) is -0.289. The number of likely N-dealkylation sites (tertiary alicyclic amines) is 1. The summed E-state index contributed by atoms with van der Waals surface area (Å²) in [6.45, 7) is 4.59. The molecule has 18 heavy (non-hydrogen) atoms. The molecule has 1 atom stereocenters. The Morgan fingerprint density at radius 1 is 1.50 bits per heavy atom. The number of carbonyl (C=O) groups is 2. The second kappa shape index (κ2) is 4.48. The fraction of sp³-hybridized carbons (Fsp3) is 0.538. The molecule has 0 spiro atoms. The van der Waals surface area contributed by atoms with Gasteiger partial charge >= 0.3 is 5.97 Å². The summed E-state index contributed by atoms with van der Waals surface area (Å²) in [7, 11) is 0. The highest BCUT2D eigenvalue weighted by atomic mass is 16.4. The van der Waals surface area contributed by atoms with E-state index in [1.807, 2.05) is 13.8 Å². The van der Waals surface area contributed by atoms with E-state index in [0.29, 0.717) is 18.7 Å². The van der Waals surface area contributed by atoms with Crippen LogP contribution in [0.3, 0.4) is 0 Å². The van der Waals surface area contributed by atoms with Gasteiger partial charge in [-0.05, 0) is 24.5 Å². The van der Waals surface area contributed by atoms with Crippen LogP contribution in [0.2, 0.25) is 0 Å². The summed E-state index contributed by atoms with van der Waals surface area (Å²) < 4.78 is 0. The SMILES string of the molecule is CC(C)C1(C(=O)O)CCN(C(=O)c2ccc[nH]2)C1. The molecule has 0 saturated carbocycles. The van der Waals surface area contributed by atoms with Crippen LogP contribution in [0.1, 0.15) is 30.8 Å². The number of carboxylic acid groups (broad SMARTS) is 1. The summed E-state index contributed by atoms with van der Waals surface area (Å²) in [6.07, 6.45) is 2.21. The molecular formula is C13H18N2O3. The molecule has 2 N–H and O–H groups in total. The van der Waals surface area contributed by atoms with Crippen molar-refractivity contribution in [2.24, 2.45) is 11.3 Å². The molecule has 0 aliphatic carbocycles. The van der Waals surface area contributed by atoms with Crippen LogP contribution in [0.5, 0.6) is 0 Å². The number of aromatic nitrogens is 1. The summed E-state index contributed by atoms with van der Waals surface area (Å²) in [4.78, 5) is 28.1. The zero-order valence-corrected chi connectivity index (χ0v) is 10.6. The van der Waals surface area contributed by atoms with E-state index in [2.05, 4.69) is 4.98 Å². The molecule has 1 aromatic heterocycles. The molecule has 1 aliphatic rings. The van der Waals surface area contributed by atoms with Crippen LogP contribution in [0.15, 0.2) is 18.3 Å². The Morgan fingerprint density at radius 2 is 2.22 bits per heavy atom. The summed E-state index contributed by atoms with van der Waals surface area (Å²) in [6, 6.07) is 3.47. The highest BCUT2D eigenvalue weighted by Gasteiger charge is 2.48. The van der Waals surface area contributed by atoms with Gasteiger partial charge in [-0.2, -0.15) is 0 Å². The van der Waals surface area contributed by atoms with Gasteiger partial charge < -0.3 is 15.0 Å². The van der Waals surface area contributed by atoms with E-state index in [1.165, 1.54) is 0 Å². The van der Waals surface area contributed by atoms with Crippen LogP contribution in [0.25, 0.3) is 0 Å². The fourth-order valence-corrected chi connectivity index (χ4v) is 2.53. The molecule has 2 rings (SSSR count). The van der Waals surface area contributed by atoms with Crippen molar-refractivity contribution in [3.8, 4) is 0 Å². The first-order valence-electron chi connectivity index (χ1n) is 6.13. The van der Waals surface area contributed by atoms with Gasteiger partial charge in [0.15, 0.2) is 0 Å². The monoisotopic (exact) mass is 250 g/mol. The van der Waals surface area contributed by atoms with E-state index in [4.69, 9.17) is 0 Å². The number of aromatic amines is 1. The number of hydrogen-bond donors (Lipinski definition) is 2. The van der Waals surface area contributed by atoms with Gasteiger partial charge in [-0.25, -0.2) is 0 Å². The van der Waals surface area contributed by atoms with Crippen molar-refractivity contribution in [1.82, 2.24) is 9.88 Å². The highest BCUT2D eigenvalue weighted by molar-refractivity contribution is 5.93. The van der Waals surface area contributed by atoms with Crippen molar-refractivity contribution in [3.63, 3.8) is 0 Å². The normalized spacial score (nSPS) is 23.6. The largest absolute Gasteiger partial charge is 0.481 e. The van der Waals surface area contributed by atoms with Crippen LogP contribution in [-0.2, 0) is 4.79 Å². The molecule has 5 nitrogen and oxygen atoms in total. The van der Waals surface area contributed by atoms with Crippen molar-refractivity contribution in [1.29, 1.82) is 0 Å². The van der Waals surface area contributed by atoms with Crippen LogP contribution < -0.4 is 0 Å². The average molecular weight is 250 g/mol. The molecule has 0 bridgehead atoms. The van der Waals surface area contributed by atoms with E-state index in [0.717, 1.165) is 0 Å². The summed E-state index contributed by atoms with van der Waals surface area (Å²) in [5, 5.41) is 9.42. The van der Waals surface area contributed by atoms with Gasteiger partial charge in [0.2, 0.25) is 0 Å².